The van der Waals surface area contributed by atoms with Crippen LogP contribution in [0.2, 0.25) is 0 Å². The third-order valence-corrected chi connectivity index (χ3v) is 1.16. The van der Waals surface area contributed by atoms with Gasteiger partial charge in [-0.2, -0.15) is 13.2 Å². The second-order valence-electron chi connectivity index (χ2n) is 2.04. The van der Waals surface area contributed by atoms with E-state index in [0.717, 1.165) is 0 Å². The molecular formula is C4H4F5O2S+. The van der Waals surface area contributed by atoms with Gasteiger partial charge in [-0.3, -0.25) is 0 Å². The fraction of sp³-hybridized carbons (Fsp3) is 1.00. The second kappa shape index (κ2) is 3.56. The number of hydrogen-bond acceptors (Lipinski definition) is 2. The van der Waals surface area contributed by atoms with Gasteiger partial charge in [-0.1, -0.05) is 0 Å². The van der Waals surface area contributed by atoms with Gasteiger partial charge in [0.2, 0.25) is 0 Å². The van der Waals surface area contributed by atoms with Crippen molar-refractivity contribution in [1.82, 2.24) is 0 Å². The molecule has 0 fully saturated rings. The van der Waals surface area contributed by atoms with Crippen molar-refractivity contribution in [1.29, 1.82) is 0 Å². The van der Waals surface area contributed by atoms with E-state index in [1.54, 1.807) is 0 Å². The van der Waals surface area contributed by atoms with Gasteiger partial charge in [0.1, 0.15) is 0 Å². The topological polar surface area (TPSA) is 26.3 Å². The second-order valence-corrected chi connectivity index (χ2v) is 2.37. The zero-order valence-electron chi connectivity index (χ0n) is 5.69. The van der Waals surface area contributed by atoms with Crippen LogP contribution in [0, 0.1) is 0 Å². The number of alkyl halides is 5. The van der Waals surface area contributed by atoms with E-state index in [0.29, 0.717) is 0 Å². The van der Waals surface area contributed by atoms with Crippen LogP contribution in [0.15, 0.2) is 0 Å². The molecule has 0 aliphatic rings. The predicted octanol–water partition coefficient (Wildman–Crippen LogP) is 1.93. The monoisotopic (exact) mass is 211 g/mol. The molecule has 1 atom stereocenters. The van der Waals surface area contributed by atoms with Crippen molar-refractivity contribution in [3.8, 4) is 0 Å². The smallest absolute Gasteiger partial charge is 0.204 e. The molecule has 0 amide bonds. The van der Waals surface area contributed by atoms with Crippen molar-refractivity contribution in [2.45, 2.75) is 25.1 Å². The molecule has 72 valence electrons. The van der Waals surface area contributed by atoms with Crippen LogP contribution >= 0.6 is 0 Å². The molecule has 0 aromatic heterocycles. The van der Waals surface area contributed by atoms with Gasteiger partial charge in [-0.05, 0) is 4.18 Å². The van der Waals surface area contributed by atoms with Gasteiger partial charge in [-0.25, -0.2) is 8.78 Å². The van der Waals surface area contributed by atoms with E-state index >= 15 is 0 Å². The van der Waals surface area contributed by atoms with Gasteiger partial charge < -0.3 is 0 Å². The molecule has 0 radical (unpaired) electrons. The molecule has 0 aromatic carbocycles. The lowest BCUT2D eigenvalue weighted by molar-refractivity contribution is -0.251. The van der Waals surface area contributed by atoms with Crippen LogP contribution in [0.5, 0.6) is 0 Å². The van der Waals surface area contributed by atoms with Gasteiger partial charge in [0.15, 0.2) is 0 Å². The molecule has 0 bridgehead atoms. The molecule has 0 N–H and O–H groups in total. The van der Waals surface area contributed by atoms with Crippen LogP contribution in [-0.2, 0) is 20.3 Å². The minimum atomic E-state index is -5.24. The van der Waals surface area contributed by atoms with Crippen molar-refractivity contribution in [2.24, 2.45) is 0 Å². The Balaban J connectivity index is 4.56. The first kappa shape index (κ1) is 11.6. The highest BCUT2D eigenvalue weighted by Crippen LogP contribution is 2.33. The Hall–Kier alpha value is -0.370. The zero-order chi connectivity index (χ0) is 9.99. The standard InChI is InChI=1S/C4H4F5O2S/c1-3(5,6)2(11-12-10)4(7,8)9/h2H,1H3/q+1. The molecule has 0 rings (SSSR count). The Morgan fingerprint density at radius 3 is 1.75 bits per heavy atom. The number of halogens is 5. The maximum Gasteiger partial charge on any atom is 0.694 e. The number of rotatable bonds is 3. The molecule has 0 spiro atoms. The van der Waals surface area contributed by atoms with Crippen LogP contribution in [-0.4, -0.2) is 18.2 Å². The van der Waals surface area contributed by atoms with E-state index in [-0.39, 0.29) is 6.92 Å². The van der Waals surface area contributed by atoms with Crippen LogP contribution in [0.25, 0.3) is 0 Å². The Kier molecular flexibility index (Phi) is 3.45. The highest BCUT2D eigenvalue weighted by Gasteiger charge is 2.58. The molecule has 1 unspecified atom stereocenters. The summed E-state index contributed by atoms with van der Waals surface area (Å²) in [5, 5.41) is 0. The lowest BCUT2D eigenvalue weighted by atomic mass is 10.2. The zero-order valence-corrected chi connectivity index (χ0v) is 6.51. The van der Waals surface area contributed by atoms with Crippen molar-refractivity contribution in [3.63, 3.8) is 0 Å². The fourth-order valence-corrected chi connectivity index (χ4v) is 0.822. The van der Waals surface area contributed by atoms with Gasteiger partial charge in [0, 0.05) is 6.92 Å². The molecule has 2 nitrogen and oxygen atoms in total. The summed E-state index contributed by atoms with van der Waals surface area (Å²) in [5.74, 6) is -4.12. The summed E-state index contributed by atoms with van der Waals surface area (Å²) in [6.07, 6.45) is -8.59. The van der Waals surface area contributed by atoms with Crippen LogP contribution in [0.1, 0.15) is 6.92 Å². The summed E-state index contributed by atoms with van der Waals surface area (Å²) in [7, 11) is 0. The molecular weight excluding hydrogens is 207 g/mol. The van der Waals surface area contributed by atoms with Gasteiger partial charge >= 0.3 is 18.1 Å². The number of hydrogen-bond donors (Lipinski definition) is 0. The summed E-state index contributed by atoms with van der Waals surface area (Å²) in [4.78, 5) is 0. The minimum Gasteiger partial charge on any atom is -0.204 e. The van der Waals surface area contributed by atoms with E-state index in [9.17, 15) is 26.2 Å². The van der Waals surface area contributed by atoms with Crippen LogP contribution in [0.3, 0.4) is 0 Å². The van der Waals surface area contributed by atoms with Crippen molar-refractivity contribution < 1.29 is 30.3 Å². The first-order valence-corrected chi connectivity index (χ1v) is 3.26. The van der Waals surface area contributed by atoms with Crippen LogP contribution in [0.4, 0.5) is 22.0 Å². The largest absolute Gasteiger partial charge is 0.694 e. The average Bonchev–Trinajstić information content (AvgIpc) is 1.77. The molecule has 8 heteroatoms. The van der Waals surface area contributed by atoms with E-state index in [1.165, 1.54) is 0 Å². The summed E-state index contributed by atoms with van der Waals surface area (Å²) in [6, 6.07) is 0. The van der Waals surface area contributed by atoms with Crippen molar-refractivity contribution >= 4 is 11.9 Å². The van der Waals surface area contributed by atoms with Crippen LogP contribution < -0.4 is 0 Å². The first-order valence-electron chi connectivity index (χ1n) is 2.59. The van der Waals surface area contributed by atoms with E-state index in [4.69, 9.17) is 0 Å². The molecule has 0 saturated heterocycles. The predicted molar refractivity (Wildman–Crippen MR) is 29.6 cm³/mol. The lowest BCUT2D eigenvalue weighted by Crippen LogP contribution is -2.44. The van der Waals surface area contributed by atoms with E-state index < -0.39 is 30.2 Å². The van der Waals surface area contributed by atoms with Gasteiger partial charge in [-0.15, -0.1) is 0 Å². The van der Waals surface area contributed by atoms with E-state index in [1.807, 2.05) is 0 Å². The molecule has 0 aliphatic heterocycles. The summed E-state index contributed by atoms with van der Waals surface area (Å²) in [5.41, 5.74) is 0. The van der Waals surface area contributed by atoms with Gasteiger partial charge in [0.05, 0.1) is 4.21 Å². The molecule has 0 saturated carbocycles. The van der Waals surface area contributed by atoms with Crippen molar-refractivity contribution in [2.75, 3.05) is 0 Å². The minimum absolute atomic E-state index is 0.0291. The Bertz CT molecular complexity index is 148. The molecule has 0 aliphatic carbocycles. The molecule has 0 heterocycles. The SMILES string of the molecule is CC(F)(F)C(O[S+]=O)C(F)(F)F. The lowest BCUT2D eigenvalue weighted by Gasteiger charge is -2.18. The third-order valence-electron chi connectivity index (χ3n) is 0.893. The summed E-state index contributed by atoms with van der Waals surface area (Å²) < 4.78 is 71.8. The fourth-order valence-electron chi connectivity index (χ4n) is 0.466. The molecule has 0 aromatic rings. The van der Waals surface area contributed by atoms with Crippen molar-refractivity contribution in [3.05, 3.63) is 0 Å². The normalized spacial score (nSPS) is 15.8. The maximum absolute atomic E-state index is 12.1. The first-order chi connectivity index (χ1) is 5.19. The Morgan fingerprint density at radius 1 is 1.25 bits per heavy atom. The quantitative estimate of drug-likeness (QED) is 0.405. The summed E-state index contributed by atoms with van der Waals surface area (Å²) in [6.45, 7) is 0.0291. The average molecular weight is 211 g/mol. The highest BCUT2D eigenvalue weighted by atomic mass is 32.2. The summed E-state index contributed by atoms with van der Waals surface area (Å²) >= 11 is -0.987. The van der Waals surface area contributed by atoms with E-state index in [2.05, 4.69) is 4.18 Å². The molecule has 12 heavy (non-hydrogen) atoms. The Labute approximate surface area is 68.4 Å². The van der Waals surface area contributed by atoms with Gasteiger partial charge in [0.25, 0.3) is 12.0 Å². The third kappa shape index (κ3) is 3.35. The maximum atomic E-state index is 12.1. The highest BCUT2D eigenvalue weighted by molar-refractivity contribution is 7.60. The Morgan fingerprint density at radius 2 is 1.67 bits per heavy atom.